The van der Waals surface area contributed by atoms with Gasteiger partial charge in [-0.2, -0.15) is 0 Å². The minimum atomic E-state index is -1.25. The molecule has 0 bridgehead atoms. The Hall–Kier alpha value is -0.999. The predicted octanol–water partition coefficient (Wildman–Crippen LogP) is -0.268. The number of carbonyl (C=O) groups excluding carboxylic acids is 2. The smallest absolute Gasteiger partial charge is 0.546 e. The second-order valence-corrected chi connectivity index (χ2v) is 5.10. The van der Waals surface area contributed by atoms with E-state index in [1.54, 1.807) is 48.5 Å². The van der Waals surface area contributed by atoms with Crippen molar-refractivity contribution in [2.24, 2.45) is 0 Å². The monoisotopic (exact) mass is 476 g/mol. The fourth-order valence-corrected chi connectivity index (χ4v) is 1.60. The number of hydrogen-bond donors (Lipinski definition) is 0. The molecule has 0 saturated carbocycles. The number of hydrogen-bond acceptors (Lipinski definition) is 6. The van der Waals surface area contributed by atoms with Crippen LogP contribution < -0.4 is 19.7 Å². The first-order chi connectivity index (χ1) is 11.4. The molecule has 0 aromatic heterocycles. The normalized spacial score (nSPS) is 8.69. The van der Waals surface area contributed by atoms with Crippen molar-refractivity contribution in [1.29, 1.82) is 0 Å². The first-order valence-corrected chi connectivity index (χ1v) is 7.29. The molecule has 0 heterocycles. The summed E-state index contributed by atoms with van der Waals surface area (Å²) < 4.78 is 9.60. The molecule has 0 aliphatic carbocycles. The van der Waals surface area contributed by atoms with Crippen LogP contribution in [0.25, 0.3) is 0 Å². The van der Waals surface area contributed by atoms with Gasteiger partial charge in [0.05, 0.1) is 11.9 Å². The van der Waals surface area contributed by atoms with Gasteiger partial charge in [0.15, 0.2) is 0 Å². The van der Waals surface area contributed by atoms with Gasteiger partial charge in [0.25, 0.3) is 0 Å². The summed E-state index contributed by atoms with van der Waals surface area (Å²) >= 11 is 11.2. The summed E-state index contributed by atoms with van der Waals surface area (Å²) in [6, 6.07) is 12.8. The van der Waals surface area contributed by atoms with E-state index in [4.69, 9.17) is 32.7 Å². The van der Waals surface area contributed by atoms with Gasteiger partial charge in [-0.3, -0.25) is 0 Å². The van der Waals surface area contributed by atoms with Gasteiger partial charge in [-0.25, -0.2) is 0 Å². The number of carboxylic acids is 2. The minimum Gasteiger partial charge on any atom is -0.546 e. The summed E-state index contributed by atoms with van der Waals surface area (Å²) in [4.78, 5) is 20.0. The van der Waals surface area contributed by atoms with E-state index in [1.807, 2.05) is 0 Å². The number of carboxylic acid groups (broad SMARTS) is 2. The van der Waals surface area contributed by atoms with E-state index in [2.05, 4.69) is 0 Å². The summed E-state index contributed by atoms with van der Waals surface area (Å²) in [7, 11) is 0. The Morgan fingerprint density at radius 2 is 1.00 bits per heavy atom. The molecule has 26 heavy (non-hydrogen) atoms. The Balaban J connectivity index is 0. The molecule has 0 spiro atoms. The first kappa shape index (κ1) is 27.2. The Morgan fingerprint density at radius 1 is 0.731 bits per heavy atom. The van der Waals surface area contributed by atoms with Crippen LogP contribution >= 0.6 is 23.2 Å². The predicted molar refractivity (Wildman–Crippen MR) is 93.3 cm³/mol. The molecule has 0 aliphatic heterocycles. The van der Waals surface area contributed by atoms with Crippen LogP contribution in [0.5, 0.6) is 11.5 Å². The van der Waals surface area contributed by atoms with Gasteiger partial charge in [-0.05, 0) is 48.5 Å². The SMILES string of the molecule is O.O=C([O-])COc1ccc(Cl)cc1.O=C([O-])COc1ccc(Cl)cc1.[Sr+2]. The van der Waals surface area contributed by atoms with Crippen molar-refractivity contribution >= 4 is 80.6 Å². The third-order valence-electron chi connectivity index (χ3n) is 2.34. The van der Waals surface area contributed by atoms with Crippen LogP contribution in [0.1, 0.15) is 0 Å². The second-order valence-electron chi connectivity index (χ2n) is 4.23. The average Bonchev–Trinajstić information content (AvgIpc) is 2.54. The zero-order valence-electron chi connectivity index (χ0n) is 13.4. The van der Waals surface area contributed by atoms with E-state index in [9.17, 15) is 19.8 Å². The molecular formula is C16H14Cl2O7Sr. The van der Waals surface area contributed by atoms with Crippen molar-refractivity contribution in [3.8, 4) is 11.5 Å². The first-order valence-electron chi connectivity index (χ1n) is 6.53. The second kappa shape index (κ2) is 15.1. The van der Waals surface area contributed by atoms with Crippen molar-refractivity contribution in [2.45, 2.75) is 0 Å². The van der Waals surface area contributed by atoms with Crippen molar-refractivity contribution in [1.82, 2.24) is 0 Å². The van der Waals surface area contributed by atoms with Gasteiger partial charge in [-0.15, -0.1) is 0 Å². The van der Waals surface area contributed by atoms with Gasteiger partial charge in [0.1, 0.15) is 24.7 Å². The third-order valence-corrected chi connectivity index (χ3v) is 2.84. The molecule has 2 N–H and O–H groups in total. The van der Waals surface area contributed by atoms with Gasteiger partial charge < -0.3 is 34.8 Å². The van der Waals surface area contributed by atoms with Crippen LogP contribution in [-0.2, 0) is 9.59 Å². The Labute approximate surface area is 197 Å². The van der Waals surface area contributed by atoms with Crippen molar-refractivity contribution in [3.05, 3.63) is 58.6 Å². The van der Waals surface area contributed by atoms with Gasteiger partial charge in [0.2, 0.25) is 0 Å². The number of aliphatic carboxylic acids is 2. The molecule has 0 fully saturated rings. The maximum Gasteiger partial charge on any atom is 2.00 e. The summed E-state index contributed by atoms with van der Waals surface area (Å²) in [5, 5.41) is 21.1. The van der Waals surface area contributed by atoms with E-state index >= 15 is 0 Å². The number of halogens is 2. The minimum absolute atomic E-state index is 0. The molecule has 10 heteroatoms. The Bertz CT molecular complexity index is 604. The molecule has 2 aromatic carbocycles. The molecule has 2 rings (SSSR count). The van der Waals surface area contributed by atoms with E-state index < -0.39 is 25.2 Å². The fourth-order valence-electron chi connectivity index (χ4n) is 1.35. The van der Waals surface area contributed by atoms with E-state index in [0.29, 0.717) is 21.5 Å². The average molecular weight is 477 g/mol. The molecule has 136 valence electrons. The molecule has 0 aliphatic rings. The van der Waals surface area contributed by atoms with Crippen molar-refractivity contribution in [2.75, 3.05) is 13.2 Å². The number of ether oxygens (including phenoxy) is 2. The van der Waals surface area contributed by atoms with Gasteiger partial charge in [-0.1, -0.05) is 23.2 Å². The van der Waals surface area contributed by atoms with Crippen LogP contribution in [0.3, 0.4) is 0 Å². The van der Waals surface area contributed by atoms with Gasteiger partial charge >= 0.3 is 45.5 Å². The molecule has 7 nitrogen and oxygen atoms in total. The molecule has 2 aromatic rings. The molecule has 0 unspecified atom stereocenters. The Kier molecular flexibility index (Phi) is 15.8. The molecule has 0 amide bonds. The van der Waals surface area contributed by atoms with Crippen molar-refractivity contribution in [3.63, 3.8) is 0 Å². The maximum atomic E-state index is 9.98. The molecule has 0 radical (unpaired) electrons. The third kappa shape index (κ3) is 13.2. The molecular weight excluding hydrogens is 463 g/mol. The Morgan fingerprint density at radius 3 is 1.23 bits per heavy atom. The standard InChI is InChI=1S/2C8H7ClO3.H2O.Sr/c2*9-6-1-3-7(4-2-6)12-5-8(10)11;;/h2*1-4H,5H2,(H,10,11);1H2;/q;;;+2/p-2. The molecule has 0 atom stereocenters. The maximum absolute atomic E-state index is 9.98. The van der Waals surface area contributed by atoms with Gasteiger partial charge in [0, 0.05) is 10.0 Å². The van der Waals surface area contributed by atoms with Crippen molar-refractivity contribution < 1.29 is 34.8 Å². The van der Waals surface area contributed by atoms with Crippen LogP contribution in [-0.4, -0.2) is 76.1 Å². The van der Waals surface area contributed by atoms with Crippen LogP contribution in [0.2, 0.25) is 10.0 Å². The molecule has 0 saturated heterocycles. The summed E-state index contributed by atoms with van der Waals surface area (Å²) in [5.41, 5.74) is 0. The van der Waals surface area contributed by atoms with Crippen LogP contribution in [0.15, 0.2) is 48.5 Å². The number of benzene rings is 2. The zero-order valence-corrected chi connectivity index (χ0v) is 18.4. The number of carbonyl (C=O) groups is 2. The topological polar surface area (TPSA) is 130 Å². The summed E-state index contributed by atoms with van der Waals surface area (Å²) in [6.07, 6.45) is 0. The van der Waals surface area contributed by atoms with Crippen LogP contribution in [0.4, 0.5) is 0 Å². The number of rotatable bonds is 6. The quantitative estimate of drug-likeness (QED) is 0.528. The van der Waals surface area contributed by atoms with E-state index in [0.717, 1.165) is 0 Å². The largest absolute Gasteiger partial charge is 2.00 e. The summed E-state index contributed by atoms with van der Waals surface area (Å²) in [6.45, 7) is -0.886. The van der Waals surface area contributed by atoms with E-state index in [-0.39, 0.29) is 51.0 Å². The van der Waals surface area contributed by atoms with E-state index in [1.165, 1.54) is 0 Å². The zero-order chi connectivity index (χ0) is 17.9. The summed E-state index contributed by atoms with van der Waals surface area (Å²) in [5.74, 6) is -1.57. The van der Waals surface area contributed by atoms with Crippen LogP contribution in [0, 0.1) is 0 Å². The fraction of sp³-hybridized carbons (Fsp3) is 0.125.